The van der Waals surface area contributed by atoms with Gasteiger partial charge in [-0.3, -0.25) is 0 Å². The number of nitrogens with zero attached hydrogens (tertiary/aromatic N) is 1. The Kier molecular flexibility index (Phi) is 5.00. The molecule has 0 saturated carbocycles. The van der Waals surface area contributed by atoms with Crippen LogP contribution in [0.2, 0.25) is 5.02 Å². The molecule has 2 aromatic rings. The van der Waals surface area contributed by atoms with E-state index in [1.807, 2.05) is 36.4 Å². The van der Waals surface area contributed by atoms with Crippen LogP contribution in [0.1, 0.15) is 17.2 Å². The van der Waals surface area contributed by atoms with E-state index in [0.717, 1.165) is 11.3 Å². The molecule has 0 aromatic heterocycles. The van der Waals surface area contributed by atoms with Gasteiger partial charge in [0.1, 0.15) is 0 Å². The van der Waals surface area contributed by atoms with Crippen molar-refractivity contribution in [2.24, 2.45) is 0 Å². The van der Waals surface area contributed by atoms with E-state index < -0.39 is 0 Å². The van der Waals surface area contributed by atoms with Crippen LogP contribution in [-0.4, -0.2) is 13.7 Å². The molecule has 4 heteroatoms. The van der Waals surface area contributed by atoms with Crippen molar-refractivity contribution in [2.45, 2.75) is 6.04 Å². The second-order valence-electron chi connectivity index (χ2n) is 4.37. The molecule has 2 aromatic carbocycles. The van der Waals surface area contributed by atoms with Crippen LogP contribution >= 0.6 is 11.6 Å². The smallest absolute Gasteiger partial charge is 0.0992 e. The van der Waals surface area contributed by atoms with E-state index in [2.05, 4.69) is 11.4 Å². The fourth-order valence-electron chi connectivity index (χ4n) is 1.96. The highest BCUT2D eigenvalue weighted by molar-refractivity contribution is 6.33. The molecule has 102 valence electrons. The summed E-state index contributed by atoms with van der Waals surface area (Å²) in [6.45, 7) is 0.528. The van der Waals surface area contributed by atoms with Crippen LogP contribution in [0.25, 0.3) is 0 Å². The molecule has 2 rings (SSSR count). The Morgan fingerprint density at radius 2 is 2.00 bits per heavy atom. The summed E-state index contributed by atoms with van der Waals surface area (Å²) in [6.07, 6.45) is 0. The number of anilines is 1. The van der Waals surface area contributed by atoms with Crippen molar-refractivity contribution in [3.63, 3.8) is 0 Å². The zero-order chi connectivity index (χ0) is 14.4. The molecule has 0 radical (unpaired) electrons. The van der Waals surface area contributed by atoms with Gasteiger partial charge in [0.2, 0.25) is 0 Å². The molecular weight excluding hydrogens is 272 g/mol. The predicted molar refractivity (Wildman–Crippen MR) is 80.8 cm³/mol. The third-order valence-electron chi connectivity index (χ3n) is 2.96. The summed E-state index contributed by atoms with van der Waals surface area (Å²) in [4.78, 5) is 0. The van der Waals surface area contributed by atoms with Crippen molar-refractivity contribution in [2.75, 3.05) is 19.0 Å². The van der Waals surface area contributed by atoms with Crippen LogP contribution < -0.4 is 5.32 Å². The lowest BCUT2D eigenvalue weighted by atomic mass is 10.1. The van der Waals surface area contributed by atoms with Gasteiger partial charge in [0, 0.05) is 7.11 Å². The molecule has 1 unspecified atom stereocenters. The molecule has 1 N–H and O–H groups in total. The van der Waals surface area contributed by atoms with Crippen LogP contribution in [0.4, 0.5) is 5.69 Å². The maximum atomic E-state index is 8.85. The van der Waals surface area contributed by atoms with Crippen molar-refractivity contribution >= 4 is 17.3 Å². The number of methoxy groups -OCH3 is 1. The Hall–Kier alpha value is -2.02. The fourth-order valence-corrected chi connectivity index (χ4v) is 2.20. The van der Waals surface area contributed by atoms with Gasteiger partial charge in [0.05, 0.1) is 35.0 Å². The first-order chi connectivity index (χ1) is 9.74. The third kappa shape index (κ3) is 3.51. The Bertz CT molecular complexity index is 608. The van der Waals surface area contributed by atoms with Crippen molar-refractivity contribution < 1.29 is 4.74 Å². The molecule has 0 aliphatic heterocycles. The van der Waals surface area contributed by atoms with Crippen LogP contribution in [-0.2, 0) is 4.74 Å². The third-order valence-corrected chi connectivity index (χ3v) is 3.28. The van der Waals surface area contributed by atoms with Crippen LogP contribution in [0.3, 0.4) is 0 Å². The predicted octanol–water partition coefficient (Wildman–Crippen LogP) is 4.01. The number of ether oxygens (including phenoxy) is 1. The molecule has 0 spiro atoms. The van der Waals surface area contributed by atoms with Crippen LogP contribution in [0.15, 0.2) is 48.5 Å². The lowest BCUT2D eigenvalue weighted by molar-refractivity contribution is 0.186. The maximum Gasteiger partial charge on any atom is 0.0992 e. The average molecular weight is 287 g/mol. The van der Waals surface area contributed by atoms with Gasteiger partial charge in [-0.05, 0) is 23.8 Å². The molecule has 20 heavy (non-hydrogen) atoms. The monoisotopic (exact) mass is 286 g/mol. The summed E-state index contributed by atoms with van der Waals surface area (Å²) in [5.74, 6) is 0. The standard InChI is InChI=1S/C16H15ClN2O/c1-20-11-16(13-5-3-2-4-6-13)19-15-8-7-12(10-18)9-14(15)17/h2-9,16,19H,11H2,1H3. The van der Waals surface area contributed by atoms with Gasteiger partial charge in [-0.15, -0.1) is 0 Å². The summed E-state index contributed by atoms with van der Waals surface area (Å²) in [5, 5.41) is 12.7. The van der Waals surface area contributed by atoms with Gasteiger partial charge in [-0.2, -0.15) is 5.26 Å². The van der Waals surface area contributed by atoms with Gasteiger partial charge in [-0.25, -0.2) is 0 Å². The fraction of sp³-hybridized carbons (Fsp3) is 0.188. The molecule has 0 aliphatic carbocycles. The Morgan fingerprint density at radius 1 is 1.25 bits per heavy atom. The summed E-state index contributed by atoms with van der Waals surface area (Å²) in [6, 6.07) is 17.3. The summed E-state index contributed by atoms with van der Waals surface area (Å²) < 4.78 is 5.26. The lowest BCUT2D eigenvalue weighted by Crippen LogP contribution is -2.16. The minimum atomic E-state index is 0.00614. The van der Waals surface area contributed by atoms with Gasteiger partial charge in [0.15, 0.2) is 0 Å². The van der Waals surface area contributed by atoms with Gasteiger partial charge < -0.3 is 10.1 Å². The number of halogens is 1. The van der Waals surface area contributed by atoms with Crippen LogP contribution in [0.5, 0.6) is 0 Å². The average Bonchev–Trinajstić information content (AvgIpc) is 2.49. The van der Waals surface area contributed by atoms with Gasteiger partial charge >= 0.3 is 0 Å². The summed E-state index contributed by atoms with van der Waals surface area (Å²) in [5.41, 5.74) is 2.45. The second kappa shape index (κ2) is 6.95. The molecule has 0 aliphatic rings. The largest absolute Gasteiger partial charge is 0.382 e. The molecule has 1 atom stereocenters. The number of nitrogens with one attached hydrogen (secondary N) is 1. The Balaban J connectivity index is 2.23. The SMILES string of the molecule is COCC(Nc1ccc(C#N)cc1Cl)c1ccccc1. The molecule has 3 nitrogen and oxygen atoms in total. The van der Waals surface area contributed by atoms with E-state index >= 15 is 0 Å². The highest BCUT2D eigenvalue weighted by Crippen LogP contribution is 2.27. The number of hydrogen-bond donors (Lipinski definition) is 1. The second-order valence-corrected chi connectivity index (χ2v) is 4.78. The first-order valence-corrected chi connectivity index (χ1v) is 6.62. The first-order valence-electron chi connectivity index (χ1n) is 6.24. The molecule has 0 fully saturated rings. The van der Waals surface area contributed by atoms with E-state index in [4.69, 9.17) is 21.6 Å². The number of nitriles is 1. The number of rotatable bonds is 5. The molecular formula is C16H15ClN2O. The Morgan fingerprint density at radius 3 is 2.60 bits per heavy atom. The Labute approximate surface area is 123 Å². The zero-order valence-electron chi connectivity index (χ0n) is 11.1. The van der Waals surface area contributed by atoms with E-state index in [1.54, 1.807) is 19.2 Å². The maximum absolute atomic E-state index is 8.85. The normalized spacial score (nSPS) is 11.7. The summed E-state index contributed by atoms with van der Waals surface area (Å²) in [7, 11) is 1.66. The highest BCUT2D eigenvalue weighted by Gasteiger charge is 2.12. The lowest BCUT2D eigenvalue weighted by Gasteiger charge is -2.20. The molecule has 0 amide bonds. The zero-order valence-corrected chi connectivity index (χ0v) is 11.9. The number of hydrogen-bond acceptors (Lipinski definition) is 3. The van der Waals surface area contributed by atoms with Crippen LogP contribution in [0, 0.1) is 11.3 Å². The molecule has 0 heterocycles. The first kappa shape index (κ1) is 14.4. The molecule has 0 saturated heterocycles. The topological polar surface area (TPSA) is 45.0 Å². The van der Waals surface area contributed by atoms with E-state index in [0.29, 0.717) is 17.2 Å². The van der Waals surface area contributed by atoms with Crippen molar-refractivity contribution in [1.82, 2.24) is 0 Å². The highest BCUT2D eigenvalue weighted by atomic mass is 35.5. The number of benzene rings is 2. The van der Waals surface area contributed by atoms with Gasteiger partial charge in [-0.1, -0.05) is 41.9 Å². The minimum Gasteiger partial charge on any atom is -0.382 e. The van der Waals surface area contributed by atoms with Crippen molar-refractivity contribution in [3.05, 3.63) is 64.7 Å². The summed E-state index contributed by atoms with van der Waals surface area (Å²) >= 11 is 6.19. The van der Waals surface area contributed by atoms with E-state index in [-0.39, 0.29) is 6.04 Å². The minimum absolute atomic E-state index is 0.00614. The van der Waals surface area contributed by atoms with Gasteiger partial charge in [0.25, 0.3) is 0 Å². The van der Waals surface area contributed by atoms with E-state index in [1.165, 1.54) is 0 Å². The quantitative estimate of drug-likeness (QED) is 0.903. The van der Waals surface area contributed by atoms with Crippen molar-refractivity contribution in [1.29, 1.82) is 5.26 Å². The van der Waals surface area contributed by atoms with Crippen molar-refractivity contribution in [3.8, 4) is 6.07 Å². The molecule has 0 bridgehead atoms. The van der Waals surface area contributed by atoms with E-state index in [9.17, 15) is 0 Å².